The van der Waals surface area contributed by atoms with Crippen LogP contribution in [0.2, 0.25) is 0 Å². The van der Waals surface area contributed by atoms with E-state index in [-0.39, 0.29) is 11.9 Å². The van der Waals surface area contributed by atoms with Crippen molar-refractivity contribution >= 4 is 15.9 Å². The average molecular weight is 340 g/mol. The minimum atomic E-state index is -0.243. The van der Waals surface area contributed by atoms with E-state index in [1.54, 1.807) is 0 Å². The third kappa shape index (κ3) is 3.25. The molecule has 3 nitrogen and oxygen atoms in total. The number of benzene rings is 1. The Kier molecular flexibility index (Phi) is 4.46. The van der Waals surface area contributed by atoms with Crippen molar-refractivity contribution in [3.63, 3.8) is 0 Å². The second-order valence-electron chi connectivity index (χ2n) is 5.85. The predicted octanol–water partition coefficient (Wildman–Crippen LogP) is 3.79. The summed E-state index contributed by atoms with van der Waals surface area (Å²) < 4.78 is 13.1. The quantitative estimate of drug-likeness (QED) is 0.905. The van der Waals surface area contributed by atoms with E-state index in [2.05, 4.69) is 52.4 Å². The van der Waals surface area contributed by atoms with Crippen LogP contribution in [0.15, 0.2) is 28.7 Å². The molecule has 0 aromatic heterocycles. The molecule has 1 spiro atoms. The summed E-state index contributed by atoms with van der Waals surface area (Å²) in [6.07, 6.45) is 4.77. The third-order valence-electron chi connectivity index (χ3n) is 4.30. The second kappa shape index (κ2) is 6.14. The van der Waals surface area contributed by atoms with E-state index in [0.29, 0.717) is 6.04 Å². The lowest BCUT2D eigenvalue weighted by Crippen LogP contribution is -2.33. The summed E-state index contributed by atoms with van der Waals surface area (Å²) in [5, 5.41) is 3.55. The van der Waals surface area contributed by atoms with Crippen molar-refractivity contribution in [1.82, 2.24) is 5.32 Å². The van der Waals surface area contributed by atoms with E-state index in [4.69, 9.17) is 9.47 Å². The first-order valence-electron chi connectivity index (χ1n) is 7.47. The van der Waals surface area contributed by atoms with Gasteiger partial charge in [-0.05, 0) is 37.5 Å². The zero-order valence-electron chi connectivity index (χ0n) is 11.9. The van der Waals surface area contributed by atoms with Gasteiger partial charge in [0.2, 0.25) is 0 Å². The van der Waals surface area contributed by atoms with Crippen molar-refractivity contribution < 1.29 is 9.47 Å². The molecule has 1 aromatic rings. The fourth-order valence-electron chi connectivity index (χ4n) is 3.07. The average Bonchev–Trinajstić information content (AvgIpc) is 3.08. The van der Waals surface area contributed by atoms with Crippen LogP contribution in [0.25, 0.3) is 0 Å². The summed E-state index contributed by atoms with van der Waals surface area (Å²) in [4.78, 5) is 0. The standard InChI is InChI=1S/C16H22BrNO2/c1-12(13-4-6-14(17)7-5-13)18-10-15-11-19-16(20-15)8-2-3-9-16/h4-7,12,15,18H,2-3,8-11H2,1H3/t12-,15-/m1/s1. The minimum absolute atomic E-state index is 0.186. The molecule has 2 aliphatic rings. The molecule has 1 N–H and O–H groups in total. The molecule has 1 heterocycles. The Morgan fingerprint density at radius 3 is 2.70 bits per heavy atom. The maximum absolute atomic E-state index is 6.12. The van der Waals surface area contributed by atoms with E-state index in [1.807, 2.05) is 0 Å². The zero-order chi connectivity index (χ0) is 14.0. The second-order valence-corrected chi connectivity index (χ2v) is 6.77. The van der Waals surface area contributed by atoms with Gasteiger partial charge < -0.3 is 14.8 Å². The van der Waals surface area contributed by atoms with E-state index in [9.17, 15) is 0 Å². The highest BCUT2D eigenvalue weighted by Crippen LogP contribution is 2.39. The number of ether oxygens (including phenoxy) is 2. The Morgan fingerprint density at radius 1 is 1.30 bits per heavy atom. The Hall–Kier alpha value is -0.420. The molecule has 1 saturated heterocycles. The summed E-state index contributed by atoms with van der Waals surface area (Å²) in [6, 6.07) is 8.78. The van der Waals surface area contributed by atoms with Gasteiger partial charge in [-0.3, -0.25) is 0 Å². The smallest absolute Gasteiger partial charge is 0.168 e. The molecular weight excluding hydrogens is 318 g/mol. The summed E-state index contributed by atoms with van der Waals surface area (Å²) in [5.74, 6) is -0.243. The summed E-state index contributed by atoms with van der Waals surface area (Å²) >= 11 is 3.46. The van der Waals surface area contributed by atoms with Crippen LogP contribution in [0.1, 0.15) is 44.2 Å². The fourth-order valence-corrected chi connectivity index (χ4v) is 3.33. The van der Waals surface area contributed by atoms with Crippen LogP contribution in [0, 0.1) is 0 Å². The molecule has 4 heteroatoms. The van der Waals surface area contributed by atoms with Gasteiger partial charge >= 0.3 is 0 Å². The van der Waals surface area contributed by atoms with Crippen molar-refractivity contribution in [2.75, 3.05) is 13.2 Å². The van der Waals surface area contributed by atoms with Gasteiger partial charge in [0.05, 0.1) is 12.7 Å². The predicted molar refractivity (Wildman–Crippen MR) is 82.6 cm³/mol. The highest BCUT2D eigenvalue weighted by molar-refractivity contribution is 9.10. The van der Waals surface area contributed by atoms with Crippen molar-refractivity contribution in [3.8, 4) is 0 Å². The molecule has 1 aliphatic carbocycles. The molecular formula is C16H22BrNO2. The lowest BCUT2D eigenvalue weighted by atomic mass is 10.1. The number of hydrogen-bond acceptors (Lipinski definition) is 3. The van der Waals surface area contributed by atoms with Crippen LogP contribution in [-0.2, 0) is 9.47 Å². The molecule has 20 heavy (non-hydrogen) atoms. The SMILES string of the molecule is C[C@@H](NC[C@@H]1COC2(CCCC2)O1)c1ccc(Br)cc1. The third-order valence-corrected chi connectivity index (χ3v) is 4.83. The molecule has 1 saturated carbocycles. The van der Waals surface area contributed by atoms with Crippen molar-refractivity contribution in [3.05, 3.63) is 34.3 Å². The van der Waals surface area contributed by atoms with E-state index in [0.717, 1.165) is 30.5 Å². The molecule has 2 atom stereocenters. The number of hydrogen-bond donors (Lipinski definition) is 1. The van der Waals surface area contributed by atoms with Crippen LogP contribution in [0.5, 0.6) is 0 Å². The van der Waals surface area contributed by atoms with Crippen molar-refractivity contribution in [1.29, 1.82) is 0 Å². The highest BCUT2D eigenvalue weighted by atomic mass is 79.9. The van der Waals surface area contributed by atoms with Crippen LogP contribution in [0.3, 0.4) is 0 Å². The van der Waals surface area contributed by atoms with Gasteiger partial charge in [0.15, 0.2) is 5.79 Å². The van der Waals surface area contributed by atoms with Gasteiger partial charge in [-0.2, -0.15) is 0 Å². The molecule has 1 aromatic carbocycles. The molecule has 3 rings (SSSR count). The number of halogens is 1. The summed E-state index contributed by atoms with van der Waals surface area (Å²) in [6.45, 7) is 3.75. The Labute approximate surface area is 129 Å². The van der Waals surface area contributed by atoms with Crippen LogP contribution < -0.4 is 5.32 Å². The van der Waals surface area contributed by atoms with E-state index < -0.39 is 0 Å². The van der Waals surface area contributed by atoms with Gasteiger partial charge in [0, 0.05) is 29.9 Å². The largest absolute Gasteiger partial charge is 0.347 e. The first-order valence-corrected chi connectivity index (χ1v) is 8.27. The van der Waals surface area contributed by atoms with Crippen LogP contribution >= 0.6 is 15.9 Å². The van der Waals surface area contributed by atoms with Gasteiger partial charge in [0.25, 0.3) is 0 Å². The fraction of sp³-hybridized carbons (Fsp3) is 0.625. The molecule has 0 bridgehead atoms. The molecule has 0 unspecified atom stereocenters. The Balaban J connectivity index is 1.49. The topological polar surface area (TPSA) is 30.5 Å². The van der Waals surface area contributed by atoms with Crippen molar-refractivity contribution in [2.45, 2.75) is 50.5 Å². The normalized spacial score (nSPS) is 26.2. The monoisotopic (exact) mass is 339 g/mol. The van der Waals surface area contributed by atoms with E-state index in [1.165, 1.54) is 18.4 Å². The lowest BCUT2D eigenvalue weighted by Gasteiger charge is -2.22. The number of rotatable bonds is 4. The molecule has 1 aliphatic heterocycles. The van der Waals surface area contributed by atoms with Crippen molar-refractivity contribution in [2.24, 2.45) is 0 Å². The maximum atomic E-state index is 6.12. The van der Waals surface area contributed by atoms with Crippen LogP contribution in [-0.4, -0.2) is 25.0 Å². The lowest BCUT2D eigenvalue weighted by molar-refractivity contribution is -0.161. The molecule has 0 amide bonds. The molecule has 2 fully saturated rings. The number of nitrogens with one attached hydrogen (secondary N) is 1. The van der Waals surface area contributed by atoms with Crippen LogP contribution in [0.4, 0.5) is 0 Å². The van der Waals surface area contributed by atoms with Gasteiger partial charge in [-0.15, -0.1) is 0 Å². The summed E-state index contributed by atoms with van der Waals surface area (Å²) in [5.41, 5.74) is 1.29. The van der Waals surface area contributed by atoms with Gasteiger partial charge in [-0.1, -0.05) is 28.1 Å². The zero-order valence-corrected chi connectivity index (χ0v) is 13.5. The highest BCUT2D eigenvalue weighted by Gasteiger charge is 2.43. The van der Waals surface area contributed by atoms with Gasteiger partial charge in [-0.25, -0.2) is 0 Å². The molecule has 0 radical (unpaired) electrons. The molecule has 110 valence electrons. The van der Waals surface area contributed by atoms with Gasteiger partial charge in [0.1, 0.15) is 0 Å². The first-order chi connectivity index (χ1) is 9.67. The summed E-state index contributed by atoms with van der Waals surface area (Å²) in [7, 11) is 0. The first kappa shape index (κ1) is 14.5. The maximum Gasteiger partial charge on any atom is 0.168 e. The van der Waals surface area contributed by atoms with E-state index >= 15 is 0 Å². The Morgan fingerprint density at radius 2 is 2.00 bits per heavy atom. The minimum Gasteiger partial charge on any atom is -0.347 e. The Bertz CT molecular complexity index is 442.